The molecule has 0 saturated heterocycles. The van der Waals surface area contributed by atoms with Crippen LogP contribution < -0.4 is 10.6 Å². The van der Waals surface area contributed by atoms with Gasteiger partial charge in [0.1, 0.15) is 0 Å². The molecule has 1 heterocycles. The van der Waals surface area contributed by atoms with Gasteiger partial charge < -0.3 is 10.6 Å². The molecule has 7 heteroatoms. The highest BCUT2D eigenvalue weighted by Crippen LogP contribution is 2.06. The summed E-state index contributed by atoms with van der Waals surface area (Å²) in [6.07, 6.45) is 0.445. The number of amides is 1. The minimum absolute atomic E-state index is 0.0441. The Bertz CT molecular complexity index is 539. The summed E-state index contributed by atoms with van der Waals surface area (Å²) < 4.78 is 1.68. The third kappa shape index (κ3) is 3.86. The van der Waals surface area contributed by atoms with Crippen LogP contribution in [-0.4, -0.2) is 39.2 Å². The predicted molar refractivity (Wildman–Crippen MR) is 74.2 cm³/mol. The number of hydrogen-bond donors (Lipinski definition) is 2. The number of para-hydroxylation sites is 1. The molecule has 1 amide bonds. The molecule has 0 aliphatic carbocycles. The second-order valence-corrected chi connectivity index (χ2v) is 4.22. The Labute approximate surface area is 117 Å². The lowest BCUT2D eigenvalue weighted by Gasteiger charge is -2.06. The monoisotopic (exact) mass is 274 g/mol. The van der Waals surface area contributed by atoms with Crippen LogP contribution in [-0.2, 0) is 11.3 Å². The Morgan fingerprint density at radius 3 is 2.85 bits per heavy atom. The maximum absolute atomic E-state index is 11.3. The summed E-state index contributed by atoms with van der Waals surface area (Å²) in [5, 5.41) is 17.6. The summed E-state index contributed by atoms with van der Waals surface area (Å²) in [5.41, 5.74) is 0.915. The van der Waals surface area contributed by atoms with E-state index < -0.39 is 0 Å². The number of carbonyl (C=O) groups is 1. The lowest BCUT2D eigenvalue weighted by atomic mass is 10.3. The van der Waals surface area contributed by atoms with E-state index in [2.05, 4.69) is 26.2 Å². The van der Waals surface area contributed by atoms with Crippen molar-refractivity contribution in [3.63, 3.8) is 0 Å². The zero-order valence-electron chi connectivity index (χ0n) is 11.4. The summed E-state index contributed by atoms with van der Waals surface area (Å²) in [7, 11) is 0. The van der Waals surface area contributed by atoms with Crippen LogP contribution in [0.25, 0.3) is 5.69 Å². The molecule has 7 nitrogen and oxygen atoms in total. The summed E-state index contributed by atoms with van der Waals surface area (Å²) in [6.45, 7) is 3.67. The third-order valence-corrected chi connectivity index (χ3v) is 2.72. The Morgan fingerprint density at radius 2 is 2.10 bits per heavy atom. The van der Waals surface area contributed by atoms with Crippen molar-refractivity contribution in [3.8, 4) is 5.69 Å². The number of aromatic nitrogens is 4. The van der Waals surface area contributed by atoms with Gasteiger partial charge in [0.15, 0.2) is 5.82 Å². The molecule has 0 aliphatic rings. The van der Waals surface area contributed by atoms with Gasteiger partial charge in [-0.2, -0.15) is 4.68 Å². The Morgan fingerprint density at radius 1 is 1.30 bits per heavy atom. The fraction of sp³-hybridized carbons (Fsp3) is 0.385. The minimum Gasteiger partial charge on any atom is -0.356 e. The Balaban J connectivity index is 1.86. The van der Waals surface area contributed by atoms with Crippen LogP contribution in [0.15, 0.2) is 30.3 Å². The van der Waals surface area contributed by atoms with Gasteiger partial charge in [-0.1, -0.05) is 18.2 Å². The highest BCUT2D eigenvalue weighted by molar-refractivity contribution is 5.75. The van der Waals surface area contributed by atoms with Crippen molar-refractivity contribution in [2.45, 2.75) is 19.9 Å². The number of rotatable bonds is 7. The second kappa shape index (κ2) is 7.34. The number of nitrogens with one attached hydrogen (secondary N) is 2. The molecule has 0 saturated carbocycles. The smallest absolute Gasteiger partial charge is 0.221 e. The van der Waals surface area contributed by atoms with Crippen molar-refractivity contribution in [3.05, 3.63) is 36.2 Å². The van der Waals surface area contributed by atoms with Crippen molar-refractivity contribution >= 4 is 5.91 Å². The van der Waals surface area contributed by atoms with Crippen molar-refractivity contribution in [2.24, 2.45) is 0 Å². The second-order valence-electron chi connectivity index (χ2n) is 4.22. The first-order valence-corrected chi connectivity index (χ1v) is 6.61. The standard InChI is InChI=1S/C13H18N6O/c1-2-15-13(20)8-9-14-10-12-16-17-18-19(12)11-6-4-3-5-7-11/h3-7,14H,2,8-10H2,1H3,(H,15,20). The summed E-state index contributed by atoms with van der Waals surface area (Å²) in [4.78, 5) is 11.3. The molecule has 20 heavy (non-hydrogen) atoms. The van der Waals surface area contributed by atoms with Crippen LogP contribution in [0, 0.1) is 0 Å². The van der Waals surface area contributed by atoms with Gasteiger partial charge in [-0.05, 0) is 29.5 Å². The van der Waals surface area contributed by atoms with Crippen LogP contribution in [0.3, 0.4) is 0 Å². The molecule has 0 radical (unpaired) electrons. The number of nitrogens with zero attached hydrogens (tertiary/aromatic N) is 4. The molecule has 0 unspecified atom stereocenters. The van der Waals surface area contributed by atoms with E-state index >= 15 is 0 Å². The first-order valence-electron chi connectivity index (χ1n) is 6.61. The van der Waals surface area contributed by atoms with E-state index in [1.165, 1.54) is 0 Å². The molecule has 0 spiro atoms. The lowest BCUT2D eigenvalue weighted by molar-refractivity contribution is -0.120. The first kappa shape index (κ1) is 14.1. The summed E-state index contributed by atoms with van der Waals surface area (Å²) in [6, 6.07) is 9.69. The normalized spacial score (nSPS) is 10.4. The van der Waals surface area contributed by atoms with Crippen LogP contribution in [0.5, 0.6) is 0 Å². The molecule has 0 bridgehead atoms. The van der Waals surface area contributed by atoms with E-state index in [-0.39, 0.29) is 5.91 Å². The maximum atomic E-state index is 11.3. The fourth-order valence-electron chi connectivity index (χ4n) is 1.77. The molecule has 0 aliphatic heterocycles. The number of hydrogen-bond acceptors (Lipinski definition) is 5. The largest absolute Gasteiger partial charge is 0.356 e. The maximum Gasteiger partial charge on any atom is 0.221 e. The zero-order chi connectivity index (χ0) is 14.2. The van der Waals surface area contributed by atoms with Gasteiger partial charge in [0, 0.05) is 19.5 Å². The average molecular weight is 274 g/mol. The Hall–Kier alpha value is -2.28. The number of carbonyl (C=O) groups excluding carboxylic acids is 1. The number of tetrazole rings is 1. The van der Waals surface area contributed by atoms with Crippen LogP contribution in [0.2, 0.25) is 0 Å². The molecule has 2 rings (SSSR count). The molecule has 0 atom stereocenters. The quantitative estimate of drug-likeness (QED) is 0.708. The molecule has 2 N–H and O–H groups in total. The lowest BCUT2D eigenvalue weighted by Crippen LogP contribution is -2.27. The van der Waals surface area contributed by atoms with Gasteiger partial charge in [0.2, 0.25) is 5.91 Å². The van der Waals surface area contributed by atoms with E-state index in [4.69, 9.17) is 0 Å². The molecular formula is C13H18N6O. The minimum atomic E-state index is 0.0441. The number of benzene rings is 1. The Kier molecular flexibility index (Phi) is 5.19. The average Bonchev–Trinajstić information content (AvgIpc) is 2.93. The highest BCUT2D eigenvalue weighted by atomic mass is 16.1. The predicted octanol–water partition coefficient (Wildman–Crippen LogP) is 0.278. The molecule has 0 fully saturated rings. The summed E-state index contributed by atoms with van der Waals surface area (Å²) in [5.74, 6) is 0.759. The summed E-state index contributed by atoms with van der Waals surface area (Å²) >= 11 is 0. The molecule has 1 aromatic heterocycles. The molecule has 1 aromatic carbocycles. The van der Waals surface area contributed by atoms with Gasteiger partial charge in [0.25, 0.3) is 0 Å². The third-order valence-electron chi connectivity index (χ3n) is 2.72. The first-order chi connectivity index (χ1) is 9.81. The van der Waals surface area contributed by atoms with Gasteiger partial charge in [-0.25, -0.2) is 0 Å². The van der Waals surface area contributed by atoms with E-state index in [0.29, 0.717) is 31.9 Å². The van der Waals surface area contributed by atoms with E-state index in [1.807, 2.05) is 37.3 Å². The van der Waals surface area contributed by atoms with Crippen LogP contribution >= 0.6 is 0 Å². The SMILES string of the molecule is CCNC(=O)CCNCc1nnnn1-c1ccccc1. The van der Waals surface area contributed by atoms with Crippen LogP contribution in [0.1, 0.15) is 19.2 Å². The van der Waals surface area contributed by atoms with Crippen LogP contribution in [0.4, 0.5) is 0 Å². The molecule has 2 aromatic rings. The van der Waals surface area contributed by atoms with Crippen molar-refractivity contribution < 1.29 is 4.79 Å². The van der Waals surface area contributed by atoms with E-state index in [0.717, 1.165) is 5.69 Å². The van der Waals surface area contributed by atoms with Crippen molar-refractivity contribution in [2.75, 3.05) is 13.1 Å². The van der Waals surface area contributed by atoms with Gasteiger partial charge >= 0.3 is 0 Å². The van der Waals surface area contributed by atoms with Gasteiger partial charge in [-0.15, -0.1) is 5.10 Å². The zero-order valence-corrected chi connectivity index (χ0v) is 11.4. The topological polar surface area (TPSA) is 84.7 Å². The van der Waals surface area contributed by atoms with Gasteiger partial charge in [0.05, 0.1) is 12.2 Å². The molecular weight excluding hydrogens is 256 g/mol. The fourth-order valence-corrected chi connectivity index (χ4v) is 1.77. The van der Waals surface area contributed by atoms with Crippen molar-refractivity contribution in [1.82, 2.24) is 30.8 Å². The highest BCUT2D eigenvalue weighted by Gasteiger charge is 2.07. The van der Waals surface area contributed by atoms with E-state index in [1.54, 1.807) is 4.68 Å². The van der Waals surface area contributed by atoms with Crippen molar-refractivity contribution in [1.29, 1.82) is 0 Å². The van der Waals surface area contributed by atoms with E-state index in [9.17, 15) is 4.79 Å². The van der Waals surface area contributed by atoms with Gasteiger partial charge in [-0.3, -0.25) is 4.79 Å². The molecule has 106 valence electrons.